The molecular formula is C12H17N3O4S. The van der Waals surface area contributed by atoms with Gasteiger partial charge >= 0.3 is 16.2 Å². The van der Waals surface area contributed by atoms with Crippen LogP contribution in [0.5, 0.6) is 0 Å². The predicted octanol–water partition coefficient (Wildman–Crippen LogP) is 1.22. The van der Waals surface area contributed by atoms with Gasteiger partial charge in [-0.25, -0.2) is 9.78 Å². The van der Waals surface area contributed by atoms with Crippen molar-refractivity contribution in [1.82, 2.24) is 9.71 Å². The van der Waals surface area contributed by atoms with Gasteiger partial charge in [0.15, 0.2) is 0 Å². The zero-order chi connectivity index (χ0) is 15.4. The smallest absolute Gasteiger partial charge is 0.328 e. The van der Waals surface area contributed by atoms with Gasteiger partial charge in [0.05, 0.1) is 5.69 Å². The van der Waals surface area contributed by atoms with Crippen LogP contribution in [0.25, 0.3) is 6.08 Å². The highest BCUT2D eigenvalue weighted by atomic mass is 32.2. The van der Waals surface area contributed by atoms with Crippen molar-refractivity contribution in [3.8, 4) is 0 Å². The van der Waals surface area contributed by atoms with Crippen molar-refractivity contribution >= 4 is 28.1 Å². The Morgan fingerprint density at radius 2 is 2.00 bits per heavy atom. The molecule has 1 rings (SSSR count). The minimum atomic E-state index is -3.74. The van der Waals surface area contributed by atoms with Crippen LogP contribution in [0.2, 0.25) is 0 Å². The molecule has 0 saturated heterocycles. The molecule has 0 aliphatic rings. The molecule has 0 bridgehead atoms. The summed E-state index contributed by atoms with van der Waals surface area (Å²) in [6, 6.07) is 4.61. The van der Waals surface area contributed by atoms with E-state index < -0.39 is 21.7 Å². The highest BCUT2D eigenvalue weighted by molar-refractivity contribution is 7.90. The van der Waals surface area contributed by atoms with E-state index in [0.29, 0.717) is 5.69 Å². The Morgan fingerprint density at radius 3 is 2.55 bits per heavy atom. The van der Waals surface area contributed by atoms with Crippen molar-refractivity contribution in [2.75, 3.05) is 4.72 Å². The van der Waals surface area contributed by atoms with Crippen LogP contribution in [0, 0.1) is 0 Å². The molecule has 0 spiro atoms. The lowest BCUT2D eigenvalue weighted by atomic mass is 10.1. The molecule has 8 heteroatoms. The molecule has 20 heavy (non-hydrogen) atoms. The molecule has 0 aliphatic heterocycles. The number of aliphatic carboxylic acids is 1. The fourth-order valence-corrected chi connectivity index (χ4v) is 2.57. The van der Waals surface area contributed by atoms with Crippen LogP contribution in [0.4, 0.5) is 5.82 Å². The largest absolute Gasteiger partial charge is 0.478 e. The fraction of sp³-hybridized carbons (Fsp3) is 0.333. The maximum Gasteiger partial charge on any atom is 0.328 e. The predicted molar refractivity (Wildman–Crippen MR) is 76.3 cm³/mol. The highest BCUT2D eigenvalue weighted by Crippen LogP contribution is 2.09. The average molecular weight is 299 g/mol. The number of pyridine rings is 1. The second-order valence-electron chi connectivity index (χ2n) is 5.08. The molecule has 0 fully saturated rings. The molecule has 3 N–H and O–H groups in total. The first-order valence-corrected chi connectivity index (χ1v) is 7.25. The normalized spacial score (nSPS) is 12.6. The lowest BCUT2D eigenvalue weighted by molar-refractivity contribution is -0.131. The van der Waals surface area contributed by atoms with Crippen molar-refractivity contribution in [2.45, 2.75) is 26.3 Å². The van der Waals surface area contributed by atoms with E-state index in [9.17, 15) is 13.2 Å². The minimum absolute atomic E-state index is 0.106. The molecule has 0 radical (unpaired) electrons. The third kappa shape index (κ3) is 6.30. The monoisotopic (exact) mass is 299 g/mol. The van der Waals surface area contributed by atoms with E-state index >= 15 is 0 Å². The summed E-state index contributed by atoms with van der Waals surface area (Å²) in [6.45, 7) is 5.14. The van der Waals surface area contributed by atoms with Crippen LogP contribution in [0.1, 0.15) is 26.5 Å². The van der Waals surface area contributed by atoms with Crippen LogP contribution in [0.3, 0.4) is 0 Å². The summed E-state index contributed by atoms with van der Waals surface area (Å²) in [5, 5.41) is 8.52. The number of hydrogen-bond acceptors (Lipinski definition) is 4. The van der Waals surface area contributed by atoms with Gasteiger partial charge in [-0.3, -0.25) is 4.72 Å². The summed E-state index contributed by atoms with van der Waals surface area (Å²) in [5.41, 5.74) is -0.282. The Hall–Kier alpha value is -1.93. The summed E-state index contributed by atoms with van der Waals surface area (Å²) in [6.07, 6.45) is 2.20. The van der Waals surface area contributed by atoms with Crippen molar-refractivity contribution < 1.29 is 18.3 Å². The molecule has 0 atom stereocenters. The zero-order valence-electron chi connectivity index (χ0n) is 11.4. The van der Waals surface area contributed by atoms with Crippen LogP contribution >= 0.6 is 0 Å². The van der Waals surface area contributed by atoms with Gasteiger partial charge in [-0.05, 0) is 39.0 Å². The number of hydrogen-bond donors (Lipinski definition) is 3. The second-order valence-corrected chi connectivity index (χ2v) is 6.49. The maximum atomic E-state index is 11.8. The van der Waals surface area contributed by atoms with E-state index in [-0.39, 0.29) is 5.82 Å². The topological polar surface area (TPSA) is 108 Å². The Balaban J connectivity index is 2.88. The van der Waals surface area contributed by atoms with Crippen LogP contribution < -0.4 is 9.44 Å². The first kappa shape index (κ1) is 16.1. The number of carbonyl (C=O) groups is 1. The summed E-state index contributed by atoms with van der Waals surface area (Å²) >= 11 is 0. The van der Waals surface area contributed by atoms with Gasteiger partial charge in [0.2, 0.25) is 0 Å². The van der Waals surface area contributed by atoms with Crippen molar-refractivity contribution in [2.24, 2.45) is 0 Å². The molecule has 7 nitrogen and oxygen atoms in total. The van der Waals surface area contributed by atoms with E-state index in [2.05, 4.69) is 14.4 Å². The molecule has 1 aromatic rings. The first-order valence-electron chi connectivity index (χ1n) is 5.77. The molecular weight excluding hydrogens is 282 g/mol. The standard InChI is InChI=1S/C12H17N3O4S/c1-12(2,3)15-20(18,19)14-10-6-4-5-9(13-10)7-8-11(16)17/h4-8,15H,1-3H3,(H,13,14)(H,16,17)/b8-7+. The van der Waals surface area contributed by atoms with E-state index in [1.165, 1.54) is 12.1 Å². The molecule has 1 heterocycles. The van der Waals surface area contributed by atoms with Crippen molar-refractivity contribution in [3.63, 3.8) is 0 Å². The highest BCUT2D eigenvalue weighted by Gasteiger charge is 2.19. The molecule has 0 saturated carbocycles. The number of aromatic nitrogens is 1. The molecule has 110 valence electrons. The van der Waals surface area contributed by atoms with Gasteiger partial charge in [-0.15, -0.1) is 0 Å². The van der Waals surface area contributed by atoms with E-state index in [0.717, 1.165) is 6.08 Å². The number of anilines is 1. The number of rotatable bonds is 5. The van der Waals surface area contributed by atoms with Crippen LogP contribution in [0.15, 0.2) is 24.3 Å². The summed E-state index contributed by atoms with van der Waals surface area (Å²) in [7, 11) is -3.74. The zero-order valence-corrected chi connectivity index (χ0v) is 12.2. The summed E-state index contributed by atoms with van der Waals surface area (Å²) in [4.78, 5) is 14.4. The SMILES string of the molecule is CC(C)(C)NS(=O)(=O)Nc1cccc(/C=C/C(=O)O)n1. The Morgan fingerprint density at radius 1 is 1.35 bits per heavy atom. The molecule has 1 aromatic heterocycles. The van der Waals surface area contributed by atoms with Gasteiger partial charge in [0, 0.05) is 11.6 Å². The van der Waals surface area contributed by atoms with Gasteiger partial charge < -0.3 is 5.11 Å². The quantitative estimate of drug-likeness (QED) is 0.708. The lowest BCUT2D eigenvalue weighted by Crippen LogP contribution is -2.43. The van der Waals surface area contributed by atoms with Crippen molar-refractivity contribution in [1.29, 1.82) is 0 Å². The average Bonchev–Trinajstić information content (AvgIpc) is 2.22. The van der Waals surface area contributed by atoms with Crippen molar-refractivity contribution in [3.05, 3.63) is 30.0 Å². The Labute approximate surface area is 117 Å². The minimum Gasteiger partial charge on any atom is -0.478 e. The van der Waals surface area contributed by atoms with E-state index in [4.69, 9.17) is 5.11 Å². The number of carboxylic acids is 1. The molecule has 0 aliphatic carbocycles. The second kappa shape index (κ2) is 6.02. The number of nitrogens with one attached hydrogen (secondary N) is 2. The molecule has 0 amide bonds. The Kier molecular flexibility index (Phi) is 4.85. The third-order valence-corrected chi connectivity index (χ3v) is 3.21. The number of nitrogens with zero attached hydrogens (tertiary/aromatic N) is 1. The van der Waals surface area contributed by atoms with Gasteiger partial charge in [0.25, 0.3) is 0 Å². The first-order chi connectivity index (χ1) is 9.07. The van der Waals surface area contributed by atoms with Gasteiger partial charge in [-0.2, -0.15) is 13.1 Å². The summed E-state index contributed by atoms with van der Waals surface area (Å²) in [5.74, 6) is -0.999. The van der Waals surface area contributed by atoms with Crippen LogP contribution in [-0.2, 0) is 15.0 Å². The molecule has 0 aromatic carbocycles. The van der Waals surface area contributed by atoms with Crippen LogP contribution in [-0.4, -0.2) is 30.0 Å². The lowest BCUT2D eigenvalue weighted by Gasteiger charge is -2.20. The van der Waals surface area contributed by atoms with E-state index in [1.807, 2.05) is 0 Å². The van der Waals surface area contributed by atoms with Gasteiger partial charge in [0.1, 0.15) is 5.82 Å². The Bertz CT molecular complexity index is 618. The van der Waals surface area contributed by atoms with Gasteiger partial charge in [-0.1, -0.05) is 6.07 Å². The number of carboxylic acid groups (broad SMARTS) is 1. The summed E-state index contributed by atoms with van der Waals surface area (Å²) < 4.78 is 28.3. The maximum absolute atomic E-state index is 11.8. The molecule has 0 unspecified atom stereocenters. The fourth-order valence-electron chi connectivity index (χ4n) is 1.32. The third-order valence-electron chi connectivity index (χ3n) is 1.85. The van der Waals surface area contributed by atoms with E-state index in [1.54, 1.807) is 32.9 Å².